The number of carbonyl (C=O) groups excluding carboxylic acids is 2. The quantitative estimate of drug-likeness (QED) is 0.671. The number of aliphatic carboxylic acids is 1. The van der Waals surface area contributed by atoms with E-state index in [4.69, 9.17) is 11.6 Å². The van der Waals surface area contributed by atoms with Crippen LogP contribution in [0.4, 0.5) is 11.4 Å². The molecule has 0 heterocycles. The van der Waals surface area contributed by atoms with Crippen LogP contribution >= 0.6 is 11.6 Å². The van der Waals surface area contributed by atoms with Crippen molar-refractivity contribution in [3.05, 3.63) is 35.4 Å². The number of halogens is 1. The normalized spacial score (nSPS) is 19.3. The van der Waals surface area contributed by atoms with Gasteiger partial charge in [-0.1, -0.05) is 30.7 Å². The maximum atomic E-state index is 12.5. The molecule has 25 heavy (non-hydrogen) atoms. The number of nitrogens with one attached hydrogen (secondary N) is 2. The van der Waals surface area contributed by atoms with Crippen LogP contribution in [0.15, 0.2) is 30.4 Å². The Morgan fingerprint density at radius 1 is 1.16 bits per heavy atom. The third-order valence-electron chi connectivity index (χ3n) is 4.07. The molecule has 1 aromatic rings. The molecule has 0 saturated heterocycles. The number of hydrogen-bond donors (Lipinski definition) is 3. The fourth-order valence-electron chi connectivity index (χ4n) is 2.75. The van der Waals surface area contributed by atoms with Gasteiger partial charge >= 0.3 is 5.97 Å². The second-order valence-corrected chi connectivity index (χ2v) is 6.38. The van der Waals surface area contributed by atoms with Crippen molar-refractivity contribution in [2.75, 3.05) is 10.6 Å². The molecule has 6 nitrogen and oxygen atoms in total. The lowest BCUT2D eigenvalue weighted by molar-refractivity contribution is -0.146. The first-order valence-electron chi connectivity index (χ1n) is 8.20. The Bertz CT molecular complexity index is 702. The zero-order valence-electron chi connectivity index (χ0n) is 13.9. The number of anilines is 2. The van der Waals surface area contributed by atoms with Crippen LogP contribution in [0.25, 0.3) is 0 Å². The van der Waals surface area contributed by atoms with Gasteiger partial charge in [-0.3, -0.25) is 14.4 Å². The van der Waals surface area contributed by atoms with E-state index >= 15 is 0 Å². The molecule has 134 valence electrons. The molecular formula is C18H21ClN2O4. The summed E-state index contributed by atoms with van der Waals surface area (Å²) in [6, 6.07) is 4.80. The number of carboxylic acids is 1. The van der Waals surface area contributed by atoms with Gasteiger partial charge in [0.05, 0.1) is 22.5 Å². The van der Waals surface area contributed by atoms with Gasteiger partial charge in [0.2, 0.25) is 11.8 Å². The molecule has 3 N–H and O–H groups in total. The third kappa shape index (κ3) is 5.06. The zero-order valence-corrected chi connectivity index (χ0v) is 14.7. The first kappa shape index (κ1) is 19.0. The Kier molecular flexibility index (Phi) is 6.58. The first-order chi connectivity index (χ1) is 11.9. The summed E-state index contributed by atoms with van der Waals surface area (Å²) < 4.78 is 0. The van der Waals surface area contributed by atoms with E-state index in [0.717, 1.165) is 6.42 Å². The van der Waals surface area contributed by atoms with E-state index in [1.165, 1.54) is 0 Å². The molecule has 1 aliphatic rings. The SMILES string of the molecule is CCCC(=O)Nc1ccc(Cl)c(NC(=O)[C@H]2CC=CC[C@@H]2C(=O)O)c1. The minimum Gasteiger partial charge on any atom is -0.481 e. The van der Waals surface area contributed by atoms with Crippen LogP contribution in [0.5, 0.6) is 0 Å². The van der Waals surface area contributed by atoms with Crippen LogP contribution in [0.2, 0.25) is 5.02 Å². The van der Waals surface area contributed by atoms with Gasteiger partial charge < -0.3 is 15.7 Å². The van der Waals surface area contributed by atoms with Gasteiger partial charge in [0.1, 0.15) is 0 Å². The summed E-state index contributed by atoms with van der Waals surface area (Å²) >= 11 is 6.12. The lowest BCUT2D eigenvalue weighted by atomic mass is 9.82. The van der Waals surface area contributed by atoms with E-state index in [0.29, 0.717) is 35.7 Å². The molecule has 0 aliphatic heterocycles. The van der Waals surface area contributed by atoms with Crippen molar-refractivity contribution in [2.24, 2.45) is 11.8 Å². The molecule has 7 heteroatoms. The number of hydrogen-bond acceptors (Lipinski definition) is 3. The van der Waals surface area contributed by atoms with Gasteiger partial charge in [0.25, 0.3) is 0 Å². The minimum atomic E-state index is -0.990. The van der Waals surface area contributed by atoms with Crippen molar-refractivity contribution in [2.45, 2.75) is 32.6 Å². The molecule has 1 aromatic carbocycles. The number of rotatable bonds is 6. The van der Waals surface area contributed by atoms with Gasteiger partial charge in [-0.2, -0.15) is 0 Å². The molecule has 2 amide bonds. The summed E-state index contributed by atoms with van der Waals surface area (Å²) in [5.41, 5.74) is 0.871. The smallest absolute Gasteiger partial charge is 0.307 e. The molecule has 0 aromatic heterocycles. The van der Waals surface area contributed by atoms with E-state index < -0.39 is 23.7 Å². The third-order valence-corrected chi connectivity index (χ3v) is 4.40. The van der Waals surface area contributed by atoms with Crippen LogP contribution in [-0.4, -0.2) is 22.9 Å². The average Bonchev–Trinajstić information content (AvgIpc) is 2.58. The fraction of sp³-hybridized carbons (Fsp3) is 0.389. The first-order valence-corrected chi connectivity index (χ1v) is 8.58. The van der Waals surface area contributed by atoms with Crippen molar-refractivity contribution in [1.29, 1.82) is 0 Å². The van der Waals surface area contributed by atoms with Crippen LogP contribution in [0, 0.1) is 11.8 Å². The molecule has 2 rings (SSSR count). The highest BCUT2D eigenvalue weighted by atomic mass is 35.5. The lowest BCUT2D eigenvalue weighted by Crippen LogP contribution is -2.34. The highest BCUT2D eigenvalue weighted by molar-refractivity contribution is 6.34. The van der Waals surface area contributed by atoms with Gasteiger partial charge in [0.15, 0.2) is 0 Å². The number of amides is 2. The van der Waals surface area contributed by atoms with E-state index in [2.05, 4.69) is 10.6 Å². The molecular weight excluding hydrogens is 344 g/mol. The van der Waals surface area contributed by atoms with Gasteiger partial charge in [-0.15, -0.1) is 0 Å². The summed E-state index contributed by atoms with van der Waals surface area (Å²) in [5, 5.41) is 15.0. The lowest BCUT2D eigenvalue weighted by Gasteiger charge is -2.24. The fourth-order valence-corrected chi connectivity index (χ4v) is 2.92. The predicted octanol–water partition coefficient (Wildman–Crippen LogP) is 3.68. The Balaban J connectivity index is 2.13. The van der Waals surface area contributed by atoms with E-state index in [1.807, 2.05) is 13.0 Å². The highest BCUT2D eigenvalue weighted by Gasteiger charge is 2.34. The van der Waals surface area contributed by atoms with Gasteiger partial charge in [-0.25, -0.2) is 0 Å². The standard InChI is InChI=1S/C18H21ClN2O4/c1-2-5-16(22)20-11-8-9-14(19)15(10-11)21-17(23)12-6-3-4-7-13(12)18(24)25/h3-4,8-10,12-13H,2,5-7H2,1H3,(H,20,22)(H,21,23)(H,24,25)/t12-,13-/m0/s1. The predicted molar refractivity (Wildman–Crippen MR) is 96.6 cm³/mol. The zero-order chi connectivity index (χ0) is 18.4. The van der Waals surface area contributed by atoms with E-state index in [9.17, 15) is 19.5 Å². The molecule has 2 atom stereocenters. The summed E-state index contributed by atoms with van der Waals surface area (Å²) in [7, 11) is 0. The maximum absolute atomic E-state index is 12.5. The highest BCUT2D eigenvalue weighted by Crippen LogP contribution is 2.30. The van der Waals surface area contributed by atoms with E-state index in [1.54, 1.807) is 24.3 Å². The van der Waals surface area contributed by atoms with Crippen molar-refractivity contribution in [3.63, 3.8) is 0 Å². The second-order valence-electron chi connectivity index (χ2n) is 5.98. The Morgan fingerprint density at radius 3 is 2.48 bits per heavy atom. The van der Waals surface area contributed by atoms with Crippen molar-refractivity contribution in [3.8, 4) is 0 Å². The van der Waals surface area contributed by atoms with Crippen molar-refractivity contribution >= 4 is 40.8 Å². The number of carboxylic acid groups (broad SMARTS) is 1. The largest absolute Gasteiger partial charge is 0.481 e. The molecule has 0 bridgehead atoms. The van der Waals surface area contributed by atoms with Crippen LogP contribution in [0.1, 0.15) is 32.6 Å². The summed E-state index contributed by atoms with van der Waals surface area (Å²) in [5.74, 6) is -2.91. The number of benzene rings is 1. The number of carbonyl (C=O) groups is 3. The summed E-state index contributed by atoms with van der Waals surface area (Å²) in [6.07, 6.45) is 5.42. The summed E-state index contributed by atoms with van der Waals surface area (Å²) in [4.78, 5) is 35.5. The molecule has 0 fully saturated rings. The van der Waals surface area contributed by atoms with Crippen LogP contribution < -0.4 is 10.6 Å². The topological polar surface area (TPSA) is 95.5 Å². The molecule has 0 spiro atoms. The molecule has 1 aliphatic carbocycles. The van der Waals surface area contributed by atoms with Crippen molar-refractivity contribution < 1.29 is 19.5 Å². The van der Waals surface area contributed by atoms with Crippen LogP contribution in [-0.2, 0) is 14.4 Å². The molecule has 0 saturated carbocycles. The van der Waals surface area contributed by atoms with E-state index in [-0.39, 0.29) is 5.91 Å². The monoisotopic (exact) mass is 364 g/mol. The van der Waals surface area contributed by atoms with Crippen molar-refractivity contribution in [1.82, 2.24) is 0 Å². The second kappa shape index (κ2) is 8.67. The average molecular weight is 365 g/mol. The molecule has 0 radical (unpaired) electrons. The number of allylic oxidation sites excluding steroid dienone is 2. The minimum absolute atomic E-state index is 0.120. The van der Waals surface area contributed by atoms with Gasteiger partial charge in [0, 0.05) is 12.1 Å². The summed E-state index contributed by atoms with van der Waals surface area (Å²) in [6.45, 7) is 1.91. The Labute approximate surface area is 151 Å². The Morgan fingerprint density at radius 2 is 1.84 bits per heavy atom. The Hall–Kier alpha value is -2.34. The maximum Gasteiger partial charge on any atom is 0.307 e. The van der Waals surface area contributed by atoms with Gasteiger partial charge in [-0.05, 0) is 37.5 Å². The molecule has 0 unspecified atom stereocenters. The van der Waals surface area contributed by atoms with Crippen LogP contribution in [0.3, 0.4) is 0 Å².